The summed E-state index contributed by atoms with van der Waals surface area (Å²) in [6, 6.07) is 13.1. The second-order valence-electron chi connectivity index (χ2n) is 3.28. The third-order valence-corrected chi connectivity index (χ3v) is 2.70. The lowest BCUT2D eigenvalue weighted by atomic mass is 10.3. The Morgan fingerprint density at radius 2 is 1.82 bits per heavy atom. The number of rotatable bonds is 4. The second-order valence-corrected chi connectivity index (χ2v) is 4.13. The summed E-state index contributed by atoms with van der Waals surface area (Å²) in [6.07, 6.45) is 0. The molecular weight excluding hydrogens is 282 g/mol. The van der Waals surface area contributed by atoms with Crippen LogP contribution in [-0.2, 0) is 0 Å². The Bertz CT molecular complexity index is 502. The quantitative estimate of drug-likeness (QED) is 0.853. The van der Waals surface area contributed by atoms with Crippen LogP contribution >= 0.6 is 15.9 Å². The SMILES string of the molecule is CCOc1cccc(Oc2ccccc2Br)n1. The fourth-order valence-corrected chi connectivity index (χ4v) is 1.69. The van der Waals surface area contributed by atoms with Gasteiger partial charge in [0.2, 0.25) is 11.8 Å². The van der Waals surface area contributed by atoms with E-state index in [1.807, 2.05) is 37.3 Å². The largest absolute Gasteiger partial charge is 0.478 e. The molecule has 3 nitrogen and oxygen atoms in total. The van der Waals surface area contributed by atoms with Crippen LogP contribution in [-0.4, -0.2) is 11.6 Å². The summed E-state index contributed by atoms with van der Waals surface area (Å²) in [7, 11) is 0. The minimum atomic E-state index is 0.517. The summed E-state index contributed by atoms with van der Waals surface area (Å²) in [5.41, 5.74) is 0. The first-order valence-electron chi connectivity index (χ1n) is 5.32. The average molecular weight is 294 g/mol. The van der Waals surface area contributed by atoms with E-state index in [-0.39, 0.29) is 0 Å². The molecule has 88 valence electrons. The molecular formula is C13H12BrNO2. The van der Waals surface area contributed by atoms with Gasteiger partial charge in [0, 0.05) is 12.1 Å². The smallest absolute Gasteiger partial charge is 0.222 e. The van der Waals surface area contributed by atoms with E-state index in [0.29, 0.717) is 18.4 Å². The molecule has 1 heterocycles. The van der Waals surface area contributed by atoms with Gasteiger partial charge < -0.3 is 9.47 Å². The van der Waals surface area contributed by atoms with Gasteiger partial charge in [0.15, 0.2) is 0 Å². The monoisotopic (exact) mass is 293 g/mol. The van der Waals surface area contributed by atoms with Gasteiger partial charge in [-0.3, -0.25) is 0 Å². The van der Waals surface area contributed by atoms with Crippen molar-refractivity contribution >= 4 is 15.9 Å². The van der Waals surface area contributed by atoms with Gasteiger partial charge in [-0.05, 0) is 35.0 Å². The fourth-order valence-electron chi connectivity index (χ4n) is 1.32. The molecule has 17 heavy (non-hydrogen) atoms. The average Bonchev–Trinajstić information content (AvgIpc) is 2.33. The van der Waals surface area contributed by atoms with Crippen molar-refractivity contribution in [3.63, 3.8) is 0 Å². The van der Waals surface area contributed by atoms with Gasteiger partial charge in [-0.25, -0.2) is 0 Å². The number of hydrogen-bond donors (Lipinski definition) is 0. The molecule has 0 radical (unpaired) electrons. The van der Waals surface area contributed by atoms with Crippen LogP contribution in [0.5, 0.6) is 17.5 Å². The molecule has 0 aliphatic carbocycles. The summed E-state index contributed by atoms with van der Waals surface area (Å²) in [6.45, 7) is 2.51. The zero-order valence-corrected chi connectivity index (χ0v) is 11.0. The molecule has 1 aromatic carbocycles. The standard InChI is InChI=1S/C13H12BrNO2/c1-2-16-12-8-5-9-13(15-12)17-11-7-4-3-6-10(11)14/h3-9H,2H2,1H3. The Balaban J connectivity index is 2.18. The van der Waals surface area contributed by atoms with Crippen molar-refractivity contribution in [3.05, 3.63) is 46.9 Å². The first kappa shape index (κ1) is 11.9. The van der Waals surface area contributed by atoms with Gasteiger partial charge in [0.05, 0.1) is 11.1 Å². The summed E-state index contributed by atoms with van der Waals surface area (Å²) < 4.78 is 11.9. The summed E-state index contributed by atoms with van der Waals surface area (Å²) in [5, 5.41) is 0. The molecule has 1 aromatic heterocycles. The van der Waals surface area contributed by atoms with Crippen LogP contribution in [0.2, 0.25) is 0 Å². The molecule has 0 spiro atoms. The number of pyridine rings is 1. The van der Waals surface area contributed by atoms with Crippen molar-refractivity contribution in [2.45, 2.75) is 6.92 Å². The van der Waals surface area contributed by atoms with Crippen LogP contribution in [0.25, 0.3) is 0 Å². The number of hydrogen-bond acceptors (Lipinski definition) is 3. The van der Waals surface area contributed by atoms with Crippen LogP contribution in [0.1, 0.15) is 6.92 Å². The predicted octanol–water partition coefficient (Wildman–Crippen LogP) is 4.04. The minimum Gasteiger partial charge on any atom is -0.478 e. The summed E-state index contributed by atoms with van der Waals surface area (Å²) in [5.74, 6) is 1.81. The molecule has 2 aromatic rings. The molecule has 0 bridgehead atoms. The first-order chi connectivity index (χ1) is 8.29. The molecule has 0 aliphatic heterocycles. The van der Waals surface area contributed by atoms with E-state index in [9.17, 15) is 0 Å². The van der Waals surface area contributed by atoms with Gasteiger partial charge >= 0.3 is 0 Å². The van der Waals surface area contributed by atoms with E-state index in [0.717, 1.165) is 10.2 Å². The van der Waals surface area contributed by atoms with Crippen LogP contribution in [0.4, 0.5) is 0 Å². The highest BCUT2D eigenvalue weighted by Crippen LogP contribution is 2.28. The van der Waals surface area contributed by atoms with Crippen LogP contribution in [0.3, 0.4) is 0 Å². The van der Waals surface area contributed by atoms with Gasteiger partial charge in [0.1, 0.15) is 5.75 Å². The molecule has 2 rings (SSSR count). The topological polar surface area (TPSA) is 31.4 Å². The molecule has 0 atom stereocenters. The molecule has 0 saturated carbocycles. The maximum atomic E-state index is 5.66. The number of ether oxygens (including phenoxy) is 2. The number of aromatic nitrogens is 1. The first-order valence-corrected chi connectivity index (χ1v) is 6.11. The number of benzene rings is 1. The molecule has 4 heteroatoms. The predicted molar refractivity (Wildman–Crippen MR) is 69.6 cm³/mol. The van der Waals surface area contributed by atoms with Gasteiger partial charge in [-0.2, -0.15) is 4.98 Å². The Morgan fingerprint density at radius 1 is 1.06 bits per heavy atom. The van der Waals surface area contributed by atoms with Gasteiger partial charge in [-0.1, -0.05) is 18.2 Å². The maximum absolute atomic E-state index is 5.66. The molecule has 0 unspecified atom stereocenters. The van der Waals surface area contributed by atoms with Crippen molar-refractivity contribution < 1.29 is 9.47 Å². The molecule has 0 saturated heterocycles. The lowest BCUT2D eigenvalue weighted by Crippen LogP contribution is -1.95. The van der Waals surface area contributed by atoms with E-state index < -0.39 is 0 Å². The fraction of sp³-hybridized carbons (Fsp3) is 0.154. The zero-order chi connectivity index (χ0) is 12.1. The Kier molecular flexibility index (Phi) is 3.98. The Hall–Kier alpha value is -1.55. The highest BCUT2D eigenvalue weighted by Gasteiger charge is 2.03. The van der Waals surface area contributed by atoms with E-state index in [2.05, 4.69) is 20.9 Å². The Labute approximate surface area is 109 Å². The molecule has 0 fully saturated rings. The third kappa shape index (κ3) is 3.20. The van der Waals surface area contributed by atoms with Gasteiger partial charge in [0.25, 0.3) is 0 Å². The lowest BCUT2D eigenvalue weighted by molar-refractivity contribution is 0.321. The molecule has 0 N–H and O–H groups in total. The van der Waals surface area contributed by atoms with Crippen molar-refractivity contribution in [3.8, 4) is 17.5 Å². The normalized spacial score (nSPS) is 10.0. The van der Waals surface area contributed by atoms with E-state index >= 15 is 0 Å². The van der Waals surface area contributed by atoms with E-state index in [1.54, 1.807) is 12.1 Å². The van der Waals surface area contributed by atoms with E-state index in [4.69, 9.17) is 9.47 Å². The lowest BCUT2D eigenvalue weighted by Gasteiger charge is -2.08. The van der Waals surface area contributed by atoms with Crippen molar-refractivity contribution in [2.75, 3.05) is 6.61 Å². The summed E-state index contributed by atoms with van der Waals surface area (Å²) in [4.78, 5) is 4.23. The highest BCUT2D eigenvalue weighted by atomic mass is 79.9. The van der Waals surface area contributed by atoms with Crippen molar-refractivity contribution in [2.24, 2.45) is 0 Å². The highest BCUT2D eigenvalue weighted by molar-refractivity contribution is 9.10. The van der Waals surface area contributed by atoms with E-state index in [1.165, 1.54) is 0 Å². The second kappa shape index (κ2) is 5.68. The number of nitrogens with zero attached hydrogens (tertiary/aromatic N) is 1. The Morgan fingerprint density at radius 3 is 2.59 bits per heavy atom. The zero-order valence-electron chi connectivity index (χ0n) is 9.39. The number of para-hydroxylation sites is 1. The van der Waals surface area contributed by atoms with Crippen molar-refractivity contribution in [1.29, 1.82) is 0 Å². The van der Waals surface area contributed by atoms with Gasteiger partial charge in [-0.15, -0.1) is 0 Å². The van der Waals surface area contributed by atoms with Crippen LogP contribution in [0.15, 0.2) is 46.9 Å². The molecule has 0 amide bonds. The minimum absolute atomic E-state index is 0.517. The van der Waals surface area contributed by atoms with Crippen LogP contribution < -0.4 is 9.47 Å². The number of halogens is 1. The maximum Gasteiger partial charge on any atom is 0.222 e. The van der Waals surface area contributed by atoms with Crippen LogP contribution in [0, 0.1) is 0 Å². The molecule has 0 aliphatic rings. The third-order valence-electron chi connectivity index (χ3n) is 2.04. The van der Waals surface area contributed by atoms with Crippen molar-refractivity contribution in [1.82, 2.24) is 4.98 Å². The summed E-state index contributed by atoms with van der Waals surface area (Å²) >= 11 is 3.42.